The van der Waals surface area contributed by atoms with Crippen LogP contribution in [0.3, 0.4) is 0 Å². The van der Waals surface area contributed by atoms with E-state index >= 15 is 0 Å². The van der Waals surface area contributed by atoms with Crippen molar-refractivity contribution >= 4 is 11.5 Å². The van der Waals surface area contributed by atoms with Gasteiger partial charge in [-0.15, -0.1) is 15.3 Å². The molecule has 1 fully saturated rings. The Kier molecular flexibility index (Phi) is 4.38. The molecule has 0 spiro atoms. The van der Waals surface area contributed by atoms with Gasteiger partial charge in [-0.05, 0) is 44.5 Å². The first-order chi connectivity index (χ1) is 11.0. The molecule has 3 rings (SSSR count). The number of halogens is 3. The van der Waals surface area contributed by atoms with E-state index in [0.717, 1.165) is 30.6 Å². The number of alkyl halides is 3. The van der Waals surface area contributed by atoms with Crippen LogP contribution < -0.4 is 5.32 Å². The predicted octanol–water partition coefficient (Wildman–Crippen LogP) is 2.43. The van der Waals surface area contributed by atoms with Crippen molar-refractivity contribution in [2.45, 2.75) is 38.4 Å². The first-order valence-corrected chi connectivity index (χ1v) is 7.76. The summed E-state index contributed by atoms with van der Waals surface area (Å²) >= 11 is 0. The number of likely N-dealkylation sites (tertiary alicyclic amines) is 1. The van der Waals surface area contributed by atoms with E-state index in [-0.39, 0.29) is 11.7 Å². The Hall–Kier alpha value is -1.90. The van der Waals surface area contributed by atoms with Crippen molar-refractivity contribution in [3.05, 3.63) is 18.0 Å². The van der Waals surface area contributed by atoms with E-state index in [1.165, 1.54) is 18.9 Å². The lowest BCUT2D eigenvalue weighted by molar-refractivity contribution is -0.146. The van der Waals surface area contributed by atoms with Gasteiger partial charge in [0.2, 0.25) is 0 Å². The van der Waals surface area contributed by atoms with Crippen LogP contribution in [-0.4, -0.2) is 50.4 Å². The second-order valence-electron chi connectivity index (χ2n) is 5.77. The SMILES string of the molecule is CC[C@@H](CN1CCCC1)Nc1ccc2nnc(C(F)(F)F)n2n1. The predicted molar refractivity (Wildman–Crippen MR) is 79.2 cm³/mol. The lowest BCUT2D eigenvalue weighted by Gasteiger charge is -2.23. The standard InChI is InChI=1S/C14H19F3N6/c1-2-10(9-22-7-3-4-8-22)18-11-5-6-12-19-20-13(14(15,16)17)23(12)21-11/h5-6,10H,2-4,7-9H2,1H3,(H,18,21)/t10-/m0/s1. The number of fused-ring (bicyclic) bond motifs is 1. The second-order valence-corrected chi connectivity index (χ2v) is 5.77. The molecule has 0 bridgehead atoms. The van der Waals surface area contributed by atoms with Crippen LogP contribution in [0.15, 0.2) is 12.1 Å². The lowest BCUT2D eigenvalue weighted by atomic mass is 10.2. The maximum absolute atomic E-state index is 12.9. The van der Waals surface area contributed by atoms with Crippen LogP contribution in [0, 0.1) is 0 Å². The van der Waals surface area contributed by atoms with Crippen molar-refractivity contribution < 1.29 is 13.2 Å². The summed E-state index contributed by atoms with van der Waals surface area (Å²) in [5.41, 5.74) is 0.0791. The molecule has 2 aromatic rings. The summed E-state index contributed by atoms with van der Waals surface area (Å²) in [5, 5.41) is 13.9. The summed E-state index contributed by atoms with van der Waals surface area (Å²) in [6, 6.07) is 3.26. The van der Waals surface area contributed by atoms with Gasteiger partial charge in [0.15, 0.2) is 5.65 Å². The molecule has 6 nitrogen and oxygen atoms in total. The normalized spacial score (nSPS) is 17.7. The monoisotopic (exact) mass is 328 g/mol. The molecular weight excluding hydrogens is 309 g/mol. The number of nitrogens with zero attached hydrogens (tertiary/aromatic N) is 5. The Morgan fingerprint density at radius 1 is 1.22 bits per heavy atom. The first kappa shape index (κ1) is 16.0. The minimum Gasteiger partial charge on any atom is -0.365 e. The minimum absolute atomic E-state index is 0.0791. The van der Waals surface area contributed by atoms with E-state index in [0.29, 0.717) is 5.82 Å². The fourth-order valence-corrected chi connectivity index (χ4v) is 2.81. The molecule has 23 heavy (non-hydrogen) atoms. The van der Waals surface area contributed by atoms with Crippen LogP contribution in [0.25, 0.3) is 5.65 Å². The molecule has 9 heteroatoms. The van der Waals surface area contributed by atoms with Crippen LogP contribution >= 0.6 is 0 Å². The van der Waals surface area contributed by atoms with Crippen LogP contribution in [-0.2, 0) is 6.18 Å². The molecular formula is C14H19F3N6. The highest BCUT2D eigenvalue weighted by Gasteiger charge is 2.37. The molecule has 0 radical (unpaired) electrons. The average molecular weight is 328 g/mol. The maximum atomic E-state index is 12.9. The zero-order chi connectivity index (χ0) is 16.4. The number of rotatable bonds is 5. The summed E-state index contributed by atoms with van der Waals surface area (Å²) in [6.45, 7) is 5.07. The molecule has 2 aromatic heterocycles. The van der Waals surface area contributed by atoms with Gasteiger partial charge in [0, 0.05) is 12.6 Å². The van der Waals surface area contributed by atoms with Crippen molar-refractivity contribution in [3.63, 3.8) is 0 Å². The highest BCUT2D eigenvalue weighted by Crippen LogP contribution is 2.27. The Morgan fingerprint density at radius 3 is 2.61 bits per heavy atom. The number of hydrogen-bond donors (Lipinski definition) is 1. The Labute approximate surface area is 131 Å². The van der Waals surface area contributed by atoms with Crippen molar-refractivity contribution in [2.24, 2.45) is 0 Å². The molecule has 3 heterocycles. The van der Waals surface area contributed by atoms with Crippen LogP contribution in [0.5, 0.6) is 0 Å². The van der Waals surface area contributed by atoms with E-state index in [1.807, 2.05) is 6.92 Å². The van der Waals surface area contributed by atoms with Gasteiger partial charge in [-0.1, -0.05) is 6.92 Å². The van der Waals surface area contributed by atoms with E-state index in [2.05, 4.69) is 25.5 Å². The van der Waals surface area contributed by atoms with Crippen molar-refractivity contribution in [3.8, 4) is 0 Å². The van der Waals surface area contributed by atoms with Crippen LogP contribution in [0.1, 0.15) is 32.0 Å². The van der Waals surface area contributed by atoms with Crippen molar-refractivity contribution in [1.82, 2.24) is 24.7 Å². The second kappa shape index (κ2) is 6.31. The third kappa shape index (κ3) is 3.54. The van der Waals surface area contributed by atoms with Gasteiger partial charge in [0.05, 0.1) is 0 Å². The fraction of sp³-hybridized carbons (Fsp3) is 0.643. The van der Waals surface area contributed by atoms with Crippen molar-refractivity contribution in [1.29, 1.82) is 0 Å². The van der Waals surface area contributed by atoms with E-state index in [9.17, 15) is 13.2 Å². The van der Waals surface area contributed by atoms with Crippen LogP contribution in [0.2, 0.25) is 0 Å². The Bertz CT molecular complexity index is 662. The summed E-state index contributed by atoms with van der Waals surface area (Å²) in [4.78, 5) is 2.36. The number of aromatic nitrogens is 4. The van der Waals surface area contributed by atoms with Gasteiger partial charge in [0.25, 0.3) is 5.82 Å². The van der Waals surface area contributed by atoms with E-state index in [4.69, 9.17) is 0 Å². The third-order valence-corrected chi connectivity index (χ3v) is 4.04. The highest BCUT2D eigenvalue weighted by atomic mass is 19.4. The van der Waals surface area contributed by atoms with Gasteiger partial charge in [-0.3, -0.25) is 0 Å². The quantitative estimate of drug-likeness (QED) is 0.913. The van der Waals surface area contributed by atoms with Gasteiger partial charge in [0.1, 0.15) is 5.82 Å². The molecule has 1 atom stereocenters. The summed E-state index contributed by atoms with van der Waals surface area (Å²) < 4.78 is 39.4. The smallest absolute Gasteiger partial charge is 0.365 e. The summed E-state index contributed by atoms with van der Waals surface area (Å²) in [6.07, 6.45) is -1.30. The molecule has 1 N–H and O–H groups in total. The molecule has 126 valence electrons. The Morgan fingerprint density at radius 2 is 1.96 bits per heavy atom. The van der Waals surface area contributed by atoms with Gasteiger partial charge in [-0.25, -0.2) is 0 Å². The van der Waals surface area contributed by atoms with E-state index in [1.54, 1.807) is 6.07 Å². The van der Waals surface area contributed by atoms with Crippen LogP contribution in [0.4, 0.5) is 19.0 Å². The topological polar surface area (TPSA) is 58.3 Å². The molecule has 0 aliphatic carbocycles. The summed E-state index contributed by atoms with van der Waals surface area (Å²) in [7, 11) is 0. The zero-order valence-corrected chi connectivity index (χ0v) is 12.8. The van der Waals surface area contributed by atoms with E-state index < -0.39 is 12.0 Å². The number of anilines is 1. The van der Waals surface area contributed by atoms with Gasteiger partial charge in [-0.2, -0.15) is 17.7 Å². The zero-order valence-electron chi connectivity index (χ0n) is 12.8. The lowest BCUT2D eigenvalue weighted by Crippen LogP contribution is -2.35. The largest absolute Gasteiger partial charge is 0.453 e. The van der Waals surface area contributed by atoms with Crippen molar-refractivity contribution in [2.75, 3.05) is 25.0 Å². The maximum Gasteiger partial charge on any atom is 0.453 e. The molecule has 1 aliphatic rings. The Balaban J connectivity index is 1.78. The molecule has 0 aromatic carbocycles. The molecule has 0 amide bonds. The number of hydrogen-bond acceptors (Lipinski definition) is 5. The van der Waals surface area contributed by atoms with Gasteiger partial charge >= 0.3 is 6.18 Å². The molecule has 1 saturated heterocycles. The number of nitrogens with one attached hydrogen (secondary N) is 1. The fourth-order valence-electron chi connectivity index (χ4n) is 2.81. The molecule has 1 aliphatic heterocycles. The summed E-state index contributed by atoms with van der Waals surface area (Å²) in [5.74, 6) is -0.711. The molecule has 0 saturated carbocycles. The highest BCUT2D eigenvalue weighted by molar-refractivity contribution is 5.44. The third-order valence-electron chi connectivity index (χ3n) is 4.04. The first-order valence-electron chi connectivity index (χ1n) is 7.76. The minimum atomic E-state index is -4.58. The van der Waals surface area contributed by atoms with Gasteiger partial charge < -0.3 is 10.2 Å². The molecule has 0 unspecified atom stereocenters. The average Bonchev–Trinajstić information content (AvgIpc) is 3.14.